The molecule has 4 heterocycles. The first-order chi connectivity index (χ1) is 13.8. The van der Waals surface area contributed by atoms with Crippen molar-refractivity contribution in [2.24, 2.45) is 0 Å². The third-order valence-corrected chi connectivity index (χ3v) is 5.28. The fraction of sp³-hybridized carbons (Fsp3) is 0.556. The van der Waals surface area contributed by atoms with E-state index < -0.39 is 11.9 Å². The predicted octanol–water partition coefficient (Wildman–Crippen LogP) is 1.39. The van der Waals surface area contributed by atoms with E-state index in [9.17, 15) is 18.0 Å². The first-order valence-corrected chi connectivity index (χ1v) is 9.55. The molecule has 1 atom stereocenters. The second-order valence-corrected chi connectivity index (χ2v) is 7.32. The van der Waals surface area contributed by atoms with Gasteiger partial charge in [0.25, 0.3) is 0 Å². The number of halogens is 3. The highest BCUT2D eigenvalue weighted by atomic mass is 19.4. The molecule has 0 saturated carbocycles. The number of aromatic nitrogens is 4. The molecule has 0 radical (unpaired) electrons. The molecule has 2 aromatic heterocycles. The summed E-state index contributed by atoms with van der Waals surface area (Å²) in [7, 11) is 0. The van der Waals surface area contributed by atoms with Gasteiger partial charge in [-0.2, -0.15) is 18.3 Å². The van der Waals surface area contributed by atoms with Crippen molar-refractivity contribution >= 4 is 11.9 Å². The van der Waals surface area contributed by atoms with Gasteiger partial charge in [0.15, 0.2) is 5.69 Å². The summed E-state index contributed by atoms with van der Waals surface area (Å²) in [5.41, 5.74) is -0.427. The van der Waals surface area contributed by atoms with E-state index in [-0.39, 0.29) is 30.1 Å². The van der Waals surface area contributed by atoms with Crippen LogP contribution in [-0.2, 0) is 17.5 Å². The van der Waals surface area contributed by atoms with Gasteiger partial charge in [-0.3, -0.25) is 9.48 Å². The van der Waals surface area contributed by atoms with Gasteiger partial charge >= 0.3 is 6.18 Å². The number of alkyl halides is 3. The van der Waals surface area contributed by atoms with Gasteiger partial charge in [0.1, 0.15) is 6.54 Å². The molecule has 156 valence electrons. The molecule has 1 N–H and O–H groups in total. The Kier molecular flexibility index (Phi) is 5.15. The Balaban J connectivity index is 1.57. The van der Waals surface area contributed by atoms with Crippen molar-refractivity contribution in [3.05, 3.63) is 24.2 Å². The Morgan fingerprint density at radius 2 is 2.00 bits per heavy atom. The highest BCUT2D eigenvalue weighted by Gasteiger charge is 2.36. The minimum absolute atomic E-state index is 0.0349. The van der Waals surface area contributed by atoms with E-state index in [0.717, 1.165) is 25.6 Å². The molecule has 0 aliphatic carbocycles. The van der Waals surface area contributed by atoms with Gasteiger partial charge in [-0.05, 0) is 19.4 Å². The van der Waals surface area contributed by atoms with Gasteiger partial charge < -0.3 is 15.1 Å². The number of piperazine rings is 1. The van der Waals surface area contributed by atoms with Crippen LogP contribution in [0.5, 0.6) is 0 Å². The number of hydrogen-bond donors (Lipinski definition) is 1. The summed E-state index contributed by atoms with van der Waals surface area (Å²) in [6.07, 6.45) is -0.710. The Labute approximate surface area is 165 Å². The normalized spacial score (nSPS) is 19.9. The number of rotatable bonds is 4. The van der Waals surface area contributed by atoms with Gasteiger partial charge in [0.05, 0.1) is 11.9 Å². The predicted molar refractivity (Wildman–Crippen MR) is 99.1 cm³/mol. The lowest BCUT2D eigenvalue weighted by atomic mass is 10.1. The molecule has 2 aliphatic heterocycles. The van der Waals surface area contributed by atoms with E-state index in [0.29, 0.717) is 25.2 Å². The number of amides is 1. The molecule has 1 unspecified atom stereocenters. The Morgan fingerprint density at radius 3 is 2.62 bits per heavy atom. The van der Waals surface area contributed by atoms with E-state index in [1.807, 2.05) is 6.92 Å². The van der Waals surface area contributed by atoms with Crippen molar-refractivity contribution in [1.82, 2.24) is 30.0 Å². The average molecular weight is 409 g/mol. The summed E-state index contributed by atoms with van der Waals surface area (Å²) >= 11 is 0. The molecule has 11 heteroatoms. The van der Waals surface area contributed by atoms with Gasteiger partial charge in [0.2, 0.25) is 11.9 Å². The van der Waals surface area contributed by atoms with Crippen molar-refractivity contribution in [2.75, 3.05) is 37.6 Å². The molecular formula is C18H22F3N7O. The maximum atomic E-state index is 13.3. The number of anilines is 1. The average Bonchev–Trinajstić information content (AvgIpc) is 3.15. The van der Waals surface area contributed by atoms with Crippen LogP contribution in [0.1, 0.15) is 19.0 Å². The van der Waals surface area contributed by atoms with Crippen LogP contribution in [0.25, 0.3) is 11.3 Å². The molecule has 2 aliphatic rings. The number of hydrogen-bond acceptors (Lipinski definition) is 6. The highest BCUT2D eigenvalue weighted by Crippen LogP contribution is 2.33. The maximum absolute atomic E-state index is 13.3. The van der Waals surface area contributed by atoms with Crippen molar-refractivity contribution in [3.63, 3.8) is 0 Å². The Morgan fingerprint density at radius 1 is 1.24 bits per heavy atom. The second-order valence-electron chi connectivity index (χ2n) is 7.32. The molecular weight excluding hydrogens is 387 g/mol. The van der Waals surface area contributed by atoms with Gasteiger partial charge in [0, 0.05) is 50.5 Å². The minimum Gasteiger partial charge on any atom is -0.339 e. The van der Waals surface area contributed by atoms with Crippen LogP contribution >= 0.6 is 0 Å². The minimum atomic E-state index is -4.57. The maximum Gasteiger partial charge on any atom is 0.433 e. The zero-order chi connectivity index (χ0) is 20.6. The first-order valence-electron chi connectivity index (χ1n) is 9.55. The molecule has 2 aromatic rings. The molecule has 0 bridgehead atoms. The zero-order valence-electron chi connectivity index (χ0n) is 16.0. The van der Waals surface area contributed by atoms with Crippen molar-refractivity contribution < 1.29 is 18.0 Å². The Bertz CT molecular complexity index is 892. The van der Waals surface area contributed by atoms with Crippen LogP contribution in [-0.4, -0.2) is 69.3 Å². The molecule has 2 fully saturated rings. The SMILES string of the molecule is CC1CCN1c1nc(-c2cnn(CC(=O)N3CCNCC3)c2)cc(C(F)(F)F)n1. The van der Waals surface area contributed by atoms with E-state index in [1.165, 1.54) is 10.9 Å². The third kappa shape index (κ3) is 4.19. The number of nitrogens with one attached hydrogen (secondary N) is 1. The van der Waals surface area contributed by atoms with E-state index in [2.05, 4.69) is 20.4 Å². The largest absolute Gasteiger partial charge is 0.433 e. The summed E-state index contributed by atoms with van der Waals surface area (Å²) in [4.78, 5) is 23.9. The van der Waals surface area contributed by atoms with Crippen LogP contribution in [0.3, 0.4) is 0 Å². The van der Waals surface area contributed by atoms with Crippen LogP contribution in [0.2, 0.25) is 0 Å². The summed E-state index contributed by atoms with van der Waals surface area (Å²) < 4.78 is 41.5. The van der Waals surface area contributed by atoms with Gasteiger partial charge in [-0.1, -0.05) is 0 Å². The van der Waals surface area contributed by atoms with Crippen molar-refractivity contribution in [3.8, 4) is 11.3 Å². The summed E-state index contributed by atoms with van der Waals surface area (Å²) in [5.74, 6) is -0.00636. The lowest BCUT2D eigenvalue weighted by molar-refractivity contribution is -0.141. The molecule has 1 amide bonds. The molecule has 8 nitrogen and oxygen atoms in total. The van der Waals surface area contributed by atoms with Crippen molar-refractivity contribution in [2.45, 2.75) is 32.1 Å². The number of nitrogens with zero attached hydrogens (tertiary/aromatic N) is 6. The summed E-state index contributed by atoms with van der Waals surface area (Å²) in [6.45, 7) is 5.33. The van der Waals surface area contributed by atoms with E-state index >= 15 is 0 Å². The molecule has 29 heavy (non-hydrogen) atoms. The van der Waals surface area contributed by atoms with Crippen LogP contribution in [0.4, 0.5) is 19.1 Å². The first kappa shape index (κ1) is 19.6. The smallest absolute Gasteiger partial charge is 0.339 e. The highest BCUT2D eigenvalue weighted by molar-refractivity contribution is 5.76. The van der Waals surface area contributed by atoms with E-state index in [4.69, 9.17) is 0 Å². The van der Waals surface area contributed by atoms with Gasteiger partial charge in [-0.15, -0.1) is 0 Å². The lowest BCUT2D eigenvalue weighted by Crippen LogP contribution is -2.47. The molecule has 2 saturated heterocycles. The fourth-order valence-corrected chi connectivity index (χ4v) is 3.40. The molecule has 0 spiro atoms. The van der Waals surface area contributed by atoms with Crippen LogP contribution in [0.15, 0.2) is 18.5 Å². The quantitative estimate of drug-likeness (QED) is 0.822. The number of carbonyl (C=O) groups excluding carboxylic acids is 1. The summed E-state index contributed by atoms with van der Waals surface area (Å²) in [5, 5.41) is 7.32. The van der Waals surface area contributed by atoms with E-state index in [1.54, 1.807) is 16.0 Å². The van der Waals surface area contributed by atoms with Crippen molar-refractivity contribution in [1.29, 1.82) is 0 Å². The summed E-state index contributed by atoms with van der Waals surface area (Å²) in [6, 6.07) is 1.03. The third-order valence-electron chi connectivity index (χ3n) is 5.28. The number of carbonyl (C=O) groups is 1. The zero-order valence-corrected chi connectivity index (χ0v) is 16.0. The monoisotopic (exact) mass is 409 g/mol. The fourth-order valence-electron chi connectivity index (χ4n) is 3.40. The second kappa shape index (κ2) is 7.62. The Hall–Kier alpha value is -2.69. The molecule has 0 aromatic carbocycles. The van der Waals surface area contributed by atoms with Gasteiger partial charge in [-0.25, -0.2) is 9.97 Å². The molecule has 4 rings (SSSR count). The van der Waals surface area contributed by atoms with Crippen LogP contribution in [0, 0.1) is 0 Å². The topological polar surface area (TPSA) is 79.2 Å². The standard InChI is InChI=1S/C18H22F3N7O/c1-12-2-5-28(12)17-24-14(8-15(25-17)18(19,20)21)13-9-23-27(10-13)11-16(29)26-6-3-22-4-7-26/h8-10,12,22H,2-7,11H2,1H3. The lowest BCUT2D eigenvalue weighted by Gasteiger charge is -2.38. The van der Waals surface area contributed by atoms with Crippen LogP contribution < -0.4 is 10.2 Å².